The third-order valence-corrected chi connectivity index (χ3v) is 15.9. The standard InChI is InChI=1S/C51H63ClN10O6S2/c1-29-32(4)70-50-43(29)44(35-14-16-37(52)17-15-35)55-39(47-58-57-33(5)62(47)50)25-42(65)60-21-19-59(20-22-60)18-9-23-68-27-41(64)56-46(51(6,7)8)49(67)61-26-38(63)24-40(61)48(66)54-30(2)34-10-12-36(13-11-34)45-31(3)53-28-69-45/h10-17,28,30,38-40,46,63H,9,18-27H2,1-8H3,(H,54,66)(H,56,64)/t30-,38+,39-,40-,46?/m0/s1. The predicted octanol–water partition coefficient (Wildman–Crippen LogP) is 6.54. The number of piperazine rings is 1. The SMILES string of the molecule is Cc1ncsc1-c1ccc([C@H](C)NC(=O)[C@@H]2C[C@@H](O)CN2C(=O)C(NC(=O)COCCCN2CCN(C(=O)C[C@@H]3N=C(c4ccc(Cl)cc4)c4c(sc(C)c4C)-n4c(C)nnc43)CC2)C(C)(C)C)cc1. The fraction of sp³-hybridized carbons (Fsp3) is 0.490. The van der Waals surface area contributed by atoms with E-state index in [0.717, 1.165) is 61.5 Å². The van der Waals surface area contributed by atoms with Crippen molar-refractivity contribution in [3.63, 3.8) is 0 Å². The van der Waals surface area contributed by atoms with Gasteiger partial charge in [-0.1, -0.05) is 68.8 Å². The Morgan fingerprint density at radius 2 is 1.64 bits per heavy atom. The van der Waals surface area contributed by atoms with Gasteiger partial charge in [0.2, 0.25) is 23.6 Å². The zero-order chi connectivity index (χ0) is 50.0. The minimum atomic E-state index is -0.965. The van der Waals surface area contributed by atoms with Gasteiger partial charge in [-0.25, -0.2) is 4.98 Å². The third kappa shape index (κ3) is 11.2. The van der Waals surface area contributed by atoms with Gasteiger partial charge in [-0.3, -0.25) is 33.6 Å². The number of carbonyl (C=O) groups excluding carboxylic acids is 4. The molecule has 8 rings (SSSR count). The molecule has 1 unspecified atom stereocenters. The number of halogens is 1. The molecule has 4 amide bonds. The molecule has 3 aliphatic heterocycles. The zero-order valence-electron chi connectivity index (χ0n) is 41.1. The van der Waals surface area contributed by atoms with Crippen LogP contribution < -0.4 is 10.6 Å². The maximum Gasteiger partial charge on any atom is 0.246 e. The number of nitrogens with one attached hydrogen (secondary N) is 2. The molecule has 3 aliphatic rings. The number of β-amino-alcohol motifs (C(OH)–C–C–N with tert-alkyl or cyclic N) is 1. The summed E-state index contributed by atoms with van der Waals surface area (Å²) >= 11 is 9.53. The van der Waals surface area contributed by atoms with Crippen molar-refractivity contribution in [1.82, 2.24) is 45.1 Å². The van der Waals surface area contributed by atoms with Crippen LogP contribution in [0.1, 0.15) is 104 Å². The Hall–Kier alpha value is -5.37. The number of aliphatic hydroxyl groups excluding tert-OH is 1. The van der Waals surface area contributed by atoms with E-state index >= 15 is 0 Å². The number of fused-ring (bicyclic) bond motifs is 3. The van der Waals surface area contributed by atoms with Crippen LogP contribution in [-0.2, 0) is 23.9 Å². The van der Waals surface area contributed by atoms with E-state index in [4.69, 9.17) is 21.3 Å². The van der Waals surface area contributed by atoms with E-state index in [1.54, 1.807) is 22.7 Å². The normalized spacial score (nSPS) is 19.2. The van der Waals surface area contributed by atoms with E-state index in [-0.39, 0.29) is 43.8 Å². The zero-order valence-corrected chi connectivity index (χ0v) is 43.5. The van der Waals surface area contributed by atoms with E-state index in [9.17, 15) is 24.3 Å². The number of hydrogen-bond donors (Lipinski definition) is 3. The molecule has 2 fully saturated rings. The first-order valence-electron chi connectivity index (χ1n) is 23.9. The molecule has 2 saturated heterocycles. The van der Waals surface area contributed by atoms with Crippen molar-refractivity contribution >= 4 is 63.6 Å². The molecule has 0 saturated carbocycles. The van der Waals surface area contributed by atoms with Crippen LogP contribution in [0.25, 0.3) is 15.4 Å². The van der Waals surface area contributed by atoms with Gasteiger partial charge in [0.1, 0.15) is 35.6 Å². The Morgan fingerprint density at radius 1 is 0.943 bits per heavy atom. The number of rotatable bonds is 15. The number of hydrogen-bond acceptors (Lipinski definition) is 13. The fourth-order valence-corrected chi connectivity index (χ4v) is 11.6. The van der Waals surface area contributed by atoms with Gasteiger partial charge < -0.3 is 30.3 Å². The van der Waals surface area contributed by atoms with Crippen molar-refractivity contribution in [1.29, 1.82) is 0 Å². The molecular weight excluding hydrogens is 948 g/mol. The molecule has 16 nitrogen and oxygen atoms in total. The van der Waals surface area contributed by atoms with Gasteiger partial charge in [-0.2, -0.15) is 0 Å². The lowest BCUT2D eigenvalue weighted by atomic mass is 9.85. The summed E-state index contributed by atoms with van der Waals surface area (Å²) in [5.74, 6) is 0.152. The minimum absolute atomic E-state index is 0.00477. The van der Waals surface area contributed by atoms with Crippen LogP contribution in [0.2, 0.25) is 5.02 Å². The minimum Gasteiger partial charge on any atom is -0.391 e. The van der Waals surface area contributed by atoms with Crippen LogP contribution in [0.15, 0.2) is 59.0 Å². The highest BCUT2D eigenvalue weighted by Gasteiger charge is 2.45. The maximum atomic E-state index is 14.2. The number of ether oxygens (including phenoxy) is 1. The van der Waals surface area contributed by atoms with Gasteiger partial charge in [0.05, 0.1) is 40.4 Å². The Kier molecular flexibility index (Phi) is 15.7. The second-order valence-corrected chi connectivity index (χ2v) is 22.1. The lowest BCUT2D eigenvalue weighted by Gasteiger charge is -2.35. The van der Waals surface area contributed by atoms with E-state index < -0.39 is 41.5 Å². The number of carbonyl (C=O) groups is 4. The summed E-state index contributed by atoms with van der Waals surface area (Å²) in [6.07, 6.45) is 0.0339. The highest BCUT2D eigenvalue weighted by molar-refractivity contribution is 7.15. The molecule has 372 valence electrons. The quantitative estimate of drug-likeness (QED) is 0.0973. The van der Waals surface area contributed by atoms with Crippen molar-refractivity contribution in [3.05, 3.63) is 104 Å². The molecule has 0 spiro atoms. The van der Waals surface area contributed by atoms with Gasteiger partial charge >= 0.3 is 0 Å². The van der Waals surface area contributed by atoms with E-state index in [0.29, 0.717) is 50.1 Å². The summed E-state index contributed by atoms with van der Waals surface area (Å²) in [6, 6.07) is 12.8. The Morgan fingerprint density at radius 3 is 2.31 bits per heavy atom. The first-order valence-corrected chi connectivity index (χ1v) is 26.0. The average molecular weight is 1010 g/mol. The van der Waals surface area contributed by atoms with Crippen molar-refractivity contribution < 1.29 is 29.0 Å². The number of aromatic nitrogens is 4. The molecule has 6 heterocycles. The molecular formula is C51H63ClN10O6S2. The van der Waals surface area contributed by atoms with Gasteiger partial charge in [-0.15, -0.1) is 32.9 Å². The van der Waals surface area contributed by atoms with E-state index in [1.165, 1.54) is 9.78 Å². The van der Waals surface area contributed by atoms with Crippen LogP contribution in [0, 0.1) is 33.1 Å². The summed E-state index contributed by atoms with van der Waals surface area (Å²) in [5, 5.41) is 27.2. The molecule has 3 N–H and O–H groups in total. The molecule has 5 aromatic rings. The van der Waals surface area contributed by atoms with Crippen LogP contribution in [-0.4, -0.2) is 140 Å². The Bertz CT molecular complexity index is 2740. The molecule has 19 heteroatoms. The fourth-order valence-electron chi connectivity index (χ4n) is 9.42. The number of thiophene rings is 1. The lowest BCUT2D eigenvalue weighted by Crippen LogP contribution is -2.58. The third-order valence-electron chi connectivity index (χ3n) is 13.5. The smallest absolute Gasteiger partial charge is 0.246 e. The van der Waals surface area contributed by atoms with Crippen molar-refractivity contribution in [2.24, 2.45) is 10.4 Å². The molecule has 0 bridgehead atoms. The van der Waals surface area contributed by atoms with Crippen LogP contribution in [0.4, 0.5) is 0 Å². The van der Waals surface area contributed by atoms with Gasteiger partial charge in [0, 0.05) is 73.3 Å². The van der Waals surface area contributed by atoms with Crippen molar-refractivity contribution in [3.8, 4) is 15.4 Å². The molecule has 2 aromatic carbocycles. The topological polar surface area (TPSA) is 187 Å². The van der Waals surface area contributed by atoms with Crippen molar-refractivity contribution in [2.45, 2.75) is 105 Å². The first kappa shape index (κ1) is 51.0. The van der Waals surface area contributed by atoms with Crippen LogP contribution >= 0.6 is 34.3 Å². The van der Waals surface area contributed by atoms with Gasteiger partial charge in [0.15, 0.2) is 5.82 Å². The molecule has 5 atom stereocenters. The second-order valence-electron chi connectivity index (χ2n) is 19.6. The molecule has 3 aromatic heterocycles. The Labute approximate surface area is 422 Å². The van der Waals surface area contributed by atoms with Crippen LogP contribution in [0.5, 0.6) is 0 Å². The number of likely N-dealkylation sites (tertiary alicyclic amines) is 1. The summed E-state index contributed by atoms with van der Waals surface area (Å²) < 4.78 is 7.86. The number of thiazole rings is 1. The highest BCUT2D eigenvalue weighted by Crippen LogP contribution is 2.40. The van der Waals surface area contributed by atoms with Crippen LogP contribution in [0.3, 0.4) is 0 Å². The largest absolute Gasteiger partial charge is 0.391 e. The summed E-state index contributed by atoms with van der Waals surface area (Å²) in [4.78, 5) is 72.6. The summed E-state index contributed by atoms with van der Waals surface area (Å²) in [6.45, 7) is 18.9. The first-order chi connectivity index (χ1) is 33.4. The molecule has 0 aliphatic carbocycles. The summed E-state index contributed by atoms with van der Waals surface area (Å²) in [5.41, 5.74) is 7.92. The van der Waals surface area contributed by atoms with Gasteiger partial charge in [0.25, 0.3) is 0 Å². The van der Waals surface area contributed by atoms with Gasteiger partial charge in [-0.05, 0) is 75.3 Å². The van der Waals surface area contributed by atoms with E-state index in [2.05, 4.69) is 49.1 Å². The van der Waals surface area contributed by atoms with E-state index in [1.807, 2.05) is 100 Å². The second kappa shape index (κ2) is 21.5. The van der Waals surface area contributed by atoms with Crippen molar-refractivity contribution in [2.75, 3.05) is 52.5 Å². The molecule has 0 radical (unpaired) electrons. The number of amides is 4. The monoisotopic (exact) mass is 1010 g/mol. The molecule has 70 heavy (non-hydrogen) atoms. The maximum absolute atomic E-state index is 14.2. The number of aliphatic imine (C=N–C) groups is 1. The predicted molar refractivity (Wildman–Crippen MR) is 273 cm³/mol. The Balaban J connectivity index is 0.797. The number of aryl methyl sites for hydroxylation is 3. The number of aliphatic hydroxyl groups is 1. The number of benzene rings is 2. The lowest BCUT2D eigenvalue weighted by molar-refractivity contribution is -0.144. The number of nitrogens with zero attached hydrogens (tertiary/aromatic N) is 8. The summed E-state index contributed by atoms with van der Waals surface area (Å²) in [7, 11) is 0. The highest BCUT2D eigenvalue weighted by atomic mass is 35.5. The average Bonchev–Trinajstić information content (AvgIpc) is 4.10.